The number of aliphatic hydroxyl groups excluding tert-OH is 1. The van der Waals surface area contributed by atoms with E-state index >= 15 is 0 Å². The molecule has 3 amide bonds. The highest BCUT2D eigenvalue weighted by Crippen LogP contribution is 2.20. The molecule has 2 heterocycles. The molecule has 0 radical (unpaired) electrons. The lowest BCUT2D eigenvalue weighted by Crippen LogP contribution is -2.50. The van der Waals surface area contributed by atoms with E-state index in [1.807, 2.05) is 0 Å². The highest BCUT2D eigenvalue weighted by molar-refractivity contribution is 6.30. The summed E-state index contributed by atoms with van der Waals surface area (Å²) < 4.78 is 5.10. The van der Waals surface area contributed by atoms with Crippen LogP contribution in [0.2, 0.25) is 5.02 Å². The van der Waals surface area contributed by atoms with E-state index < -0.39 is 12.1 Å². The van der Waals surface area contributed by atoms with E-state index in [-0.39, 0.29) is 31.2 Å². The van der Waals surface area contributed by atoms with E-state index in [9.17, 15) is 14.7 Å². The molecule has 0 spiro atoms. The Balaban J connectivity index is 1.65. The third kappa shape index (κ3) is 3.97. The summed E-state index contributed by atoms with van der Waals surface area (Å²) in [5.74, 6) is 0.169. The Morgan fingerprint density at radius 1 is 1.32 bits per heavy atom. The zero-order valence-corrected chi connectivity index (χ0v) is 14.3. The van der Waals surface area contributed by atoms with Crippen LogP contribution < -0.4 is 0 Å². The minimum atomic E-state index is -0.813. The van der Waals surface area contributed by atoms with E-state index in [1.54, 1.807) is 31.3 Å². The summed E-state index contributed by atoms with van der Waals surface area (Å²) in [5.41, 5.74) is 0.679. The number of urea groups is 1. The Bertz CT molecular complexity index is 777. The minimum Gasteiger partial charge on any atom is -0.388 e. The number of nitrogens with zero attached hydrogens (tertiary/aromatic N) is 4. The monoisotopic (exact) mass is 364 g/mol. The van der Waals surface area contributed by atoms with Crippen molar-refractivity contribution < 1.29 is 19.2 Å². The molecule has 1 fully saturated rings. The molecule has 132 valence electrons. The lowest BCUT2D eigenvalue weighted by molar-refractivity contribution is -0.131. The van der Waals surface area contributed by atoms with Crippen molar-refractivity contribution in [3.05, 3.63) is 46.6 Å². The molecular weight excluding hydrogens is 348 g/mol. The number of halogens is 1. The molecule has 25 heavy (non-hydrogen) atoms. The maximum atomic E-state index is 12.0. The first-order valence-corrected chi connectivity index (χ1v) is 8.12. The van der Waals surface area contributed by atoms with Crippen LogP contribution in [0, 0.1) is 0 Å². The fourth-order valence-electron chi connectivity index (χ4n) is 2.51. The molecule has 1 aromatic heterocycles. The maximum Gasteiger partial charge on any atom is 0.326 e. The lowest BCUT2D eigenvalue weighted by Gasteiger charge is -2.30. The van der Waals surface area contributed by atoms with Gasteiger partial charge in [0.05, 0.1) is 6.10 Å². The van der Waals surface area contributed by atoms with Crippen molar-refractivity contribution >= 4 is 23.5 Å². The Morgan fingerprint density at radius 2 is 2.04 bits per heavy atom. The molecule has 0 bridgehead atoms. The molecule has 1 aliphatic heterocycles. The van der Waals surface area contributed by atoms with Crippen molar-refractivity contribution in [3.8, 4) is 0 Å². The van der Waals surface area contributed by atoms with Gasteiger partial charge in [-0.2, -0.15) is 4.98 Å². The van der Waals surface area contributed by atoms with Crippen LogP contribution in [0.4, 0.5) is 4.79 Å². The van der Waals surface area contributed by atoms with Crippen molar-refractivity contribution in [1.82, 2.24) is 19.9 Å². The molecule has 0 saturated carbocycles. The zero-order chi connectivity index (χ0) is 18.0. The van der Waals surface area contributed by atoms with Crippen LogP contribution in [0.3, 0.4) is 0 Å². The smallest absolute Gasteiger partial charge is 0.326 e. The molecule has 8 nitrogen and oxygen atoms in total. The predicted molar refractivity (Wildman–Crippen MR) is 87.6 cm³/mol. The number of carbonyl (C=O) groups is 2. The van der Waals surface area contributed by atoms with Crippen LogP contribution in [0.25, 0.3) is 0 Å². The van der Waals surface area contributed by atoms with Gasteiger partial charge in [-0.3, -0.25) is 9.69 Å². The molecule has 1 aromatic carbocycles. The average Bonchev–Trinajstić information content (AvgIpc) is 3.03. The molecule has 1 atom stereocenters. The molecule has 3 rings (SSSR count). The predicted octanol–water partition coefficient (Wildman–Crippen LogP) is 1.78. The number of imide groups is 1. The normalized spacial score (nSPS) is 16.4. The summed E-state index contributed by atoms with van der Waals surface area (Å²) in [6.45, 7) is 0.322. The molecule has 0 aliphatic carbocycles. The van der Waals surface area contributed by atoms with E-state index in [4.69, 9.17) is 16.1 Å². The zero-order valence-electron chi connectivity index (χ0n) is 13.6. The van der Waals surface area contributed by atoms with E-state index in [0.717, 1.165) is 4.90 Å². The third-order valence-corrected chi connectivity index (χ3v) is 4.21. The Hall–Kier alpha value is -2.45. The number of aliphatic hydroxyl groups is 1. The van der Waals surface area contributed by atoms with E-state index in [2.05, 4.69) is 10.1 Å². The fourth-order valence-corrected chi connectivity index (χ4v) is 2.64. The van der Waals surface area contributed by atoms with Crippen LogP contribution in [-0.2, 0) is 17.8 Å². The van der Waals surface area contributed by atoms with Gasteiger partial charge in [0.25, 0.3) is 0 Å². The van der Waals surface area contributed by atoms with Crippen molar-refractivity contribution in [1.29, 1.82) is 0 Å². The highest BCUT2D eigenvalue weighted by Gasteiger charge is 2.31. The third-order valence-electron chi connectivity index (χ3n) is 3.95. The first kappa shape index (κ1) is 17.4. The van der Waals surface area contributed by atoms with Crippen molar-refractivity contribution in [2.45, 2.75) is 25.5 Å². The number of aromatic nitrogens is 2. The van der Waals surface area contributed by atoms with Crippen LogP contribution in [-0.4, -0.2) is 50.6 Å². The molecule has 2 aromatic rings. The number of amides is 3. The van der Waals surface area contributed by atoms with Gasteiger partial charge in [-0.05, 0) is 17.7 Å². The second kappa shape index (κ2) is 7.20. The number of hydrogen-bond acceptors (Lipinski definition) is 6. The Labute approximate surface area is 149 Å². The summed E-state index contributed by atoms with van der Waals surface area (Å²) in [6.07, 6.45) is -0.405. The van der Waals surface area contributed by atoms with Gasteiger partial charge < -0.3 is 14.5 Å². The quantitative estimate of drug-likeness (QED) is 0.868. The van der Waals surface area contributed by atoms with Crippen LogP contribution >= 0.6 is 11.6 Å². The standard InChI is InChI=1S/C16H17ClN4O4/c1-20-7-6-15(23)21(16(20)24)9-14-18-13(19-25-14)8-12(22)10-2-4-11(17)5-3-10/h2-5,12,22H,6-9H2,1H3/t12-/m0/s1. The van der Waals surface area contributed by atoms with Crippen LogP contribution in [0.5, 0.6) is 0 Å². The average molecular weight is 365 g/mol. The Kier molecular flexibility index (Phi) is 5.00. The summed E-state index contributed by atoms with van der Waals surface area (Å²) in [5, 5.41) is 14.6. The SMILES string of the molecule is CN1CCC(=O)N(Cc2nc(C[C@H](O)c3ccc(Cl)cc3)no2)C1=O. The largest absolute Gasteiger partial charge is 0.388 e. The Morgan fingerprint density at radius 3 is 2.76 bits per heavy atom. The van der Waals surface area contributed by atoms with Crippen LogP contribution in [0.15, 0.2) is 28.8 Å². The number of carbonyl (C=O) groups excluding carboxylic acids is 2. The summed E-state index contributed by atoms with van der Waals surface area (Å²) in [6, 6.07) is 6.42. The second-order valence-electron chi connectivity index (χ2n) is 5.81. The fraction of sp³-hybridized carbons (Fsp3) is 0.375. The van der Waals surface area contributed by atoms with Crippen molar-refractivity contribution in [2.75, 3.05) is 13.6 Å². The van der Waals surface area contributed by atoms with Gasteiger partial charge >= 0.3 is 6.03 Å². The maximum absolute atomic E-state index is 12.0. The van der Waals surface area contributed by atoms with Crippen molar-refractivity contribution in [2.24, 2.45) is 0 Å². The number of rotatable bonds is 5. The minimum absolute atomic E-state index is 0.0773. The lowest BCUT2D eigenvalue weighted by atomic mass is 10.1. The second-order valence-corrected chi connectivity index (χ2v) is 6.25. The topological polar surface area (TPSA) is 99.8 Å². The summed E-state index contributed by atoms with van der Waals surface area (Å²) in [4.78, 5) is 30.6. The van der Waals surface area contributed by atoms with Gasteiger partial charge in [0.1, 0.15) is 6.54 Å². The first-order chi connectivity index (χ1) is 11.9. The van der Waals surface area contributed by atoms with E-state index in [0.29, 0.717) is 23.0 Å². The number of hydrogen-bond donors (Lipinski definition) is 1. The van der Waals surface area contributed by atoms with Crippen molar-refractivity contribution in [3.63, 3.8) is 0 Å². The molecule has 0 unspecified atom stereocenters. The van der Waals surface area contributed by atoms with Crippen LogP contribution in [0.1, 0.15) is 29.8 Å². The molecular formula is C16H17ClN4O4. The van der Waals surface area contributed by atoms with E-state index in [1.165, 1.54) is 4.90 Å². The molecule has 1 saturated heterocycles. The van der Waals surface area contributed by atoms with Gasteiger partial charge in [0, 0.05) is 31.5 Å². The molecule has 9 heteroatoms. The van der Waals surface area contributed by atoms with Gasteiger partial charge in [0.2, 0.25) is 11.8 Å². The van der Waals surface area contributed by atoms with Gasteiger partial charge in [0.15, 0.2) is 5.82 Å². The van der Waals surface area contributed by atoms with Gasteiger partial charge in [-0.25, -0.2) is 4.79 Å². The molecule has 1 aliphatic rings. The highest BCUT2D eigenvalue weighted by atomic mass is 35.5. The number of benzene rings is 1. The summed E-state index contributed by atoms with van der Waals surface area (Å²) in [7, 11) is 1.63. The first-order valence-electron chi connectivity index (χ1n) is 7.74. The van der Waals surface area contributed by atoms with Gasteiger partial charge in [-0.15, -0.1) is 0 Å². The molecule has 1 N–H and O–H groups in total. The van der Waals surface area contributed by atoms with Gasteiger partial charge in [-0.1, -0.05) is 28.9 Å². The summed E-state index contributed by atoms with van der Waals surface area (Å²) >= 11 is 5.82.